The first kappa shape index (κ1) is 10.7. The van der Waals surface area contributed by atoms with Gasteiger partial charge in [-0.15, -0.1) is 0 Å². The molecule has 1 atom stereocenters. The minimum absolute atomic E-state index is 0.0596. The standard InChI is InChI=1S/C13H16N2O2/c14-11(7-16)9-4-8-2-1-3-15-12(17)6-10(5-9)13(8)15/h4-5,11,16H,1-3,6-7,14H2. The molecular formula is C13H16N2O2. The van der Waals surface area contributed by atoms with Crippen molar-refractivity contribution in [2.24, 2.45) is 5.73 Å². The molecule has 0 bridgehead atoms. The van der Waals surface area contributed by atoms with E-state index in [-0.39, 0.29) is 18.6 Å². The lowest BCUT2D eigenvalue weighted by Gasteiger charge is -2.26. The third-order valence-electron chi connectivity index (χ3n) is 3.66. The van der Waals surface area contributed by atoms with Crippen molar-refractivity contribution >= 4 is 11.6 Å². The smallest absolute Gasteiger partial charge is 0.231 e. The molecule has 0 aliphatic carbocycles. The molecule has 4 nitrogen and oxygen atoms in total. The third kappa shape index (κ3) is 1.56. The lowest BCUT2D eigenvalue weighted by atomic mass is 9.94. The van der Waals surface area contributed by atoms with Crippen molar-refractivity contribution in [1.29, 1.82) is 0 Å². The SMILES string of the molecule is NC(CO)c1cc2c3c(c1)CC(=O)N3CCC2. The van der Waals surface area contributed by atoms with Crippen molar-refractivity contribution in [2.75, 3.05) is 18.1 Å². The maximum Gasteiger partial charge on any atom is 0.231 e. The Morgan fingerprint density at radius 3 is 2.94 bits per heavy atom. The number of hydrogen-bond donors (Lipinski definition) is 2. The minimum Gasteiger partial charge on any atom is -0.394 e. The van der Waals surface area contributed by atoms with Gasteiger partial charge >= 0.3 is 0 Å². The second kappa shape index (κ2) is 3.82. The fourth-order valence-electron chi connectivity index (χ4n) is 2.83. The normalized spacial score (nSPS) is 19.4. The Kier molecular flexibility index (Phi) is 2.42. The molecule has 17 heavy (non-hydrogen) atoms. The monoisotopic (exact) mass is 232 g/mol. The Hall–Kier alpha value is -1.39. The van der Waals surface area contributed by atoms with Crippen LogP contribution in [0.5, 0.6) is 0 Å². The highest BCUT2D eigenvalue weighted by atomic mass is 16.3. The average molecular weight is 232 g/mol. The van der Waals surface area contributed by atoms with Gasteiger partial charge in [-0.05, 0) is 29.5 Å². The van der Waals surface area contributed by atoms with Crippen LogP contribution in [0.25, 0.3) is 0 Å². The van der Waals surface area contributed by atoms with Crippen LogP contribution >= 0.6 is 0 Å². The third-order valence-corrected chi connectivity index (χ3v) is 3.66. The Bertz CT molecular complexity index is 485. The quantitative estimate of drug-likeness (QED) is 0.781. The van der Waals surface area contributed by atoms with Crippen LogP contribution < -0.4 is 10.6 Å². The van der Waals surface area contributed by atoms with Crippen LogP contribution in [0, 0.1) is 0 Å². The zero-order valence-corrected chi connectivity index (χ0v) is 9.65. The van der Waals surface area contributed by atoms with Crippen LogP contribution in [-0.4, -0.2) is 24.2 Å². The molecule has 90 valence electrons. The summed E-state index contributed by atoms with van der Waals surface area (Å²) in [6.45, 7) is 0.778. The van der Waals surface area contributed by atoms with Gasteiger partial charge in [0.15, 0.2) is 0 Å². The van der Waals surface area contributed by atoms with Crippen LogP contribution in [0.2, 0.25) is 0 Å². The summed E-state index contributed by atoms with van der Waals surface area (Å²) in [6.07, 6.45) is 2.49. The van der Waals surface area contributed by atoms with Crippen molar-refractivity contribution in [1.82, 2.24) is 0 Å². The van der Waals surface area contributed by atoms with E-state index in [0.29, 0.717) is 6.42 Å². The van der Waals surface area contributed by atoms with Crippen molar-refractivity contribution in [2.45, 2.75) is 25.3 Å². The van der Waals surface area contributed by atoms with E-state index in [9.17, 15) is 4.79 Å². The van der Waals surface area contributed by atoms with Crippen molar-refractivity contribution in [3.05, 3.63) is 28.8 Å². The number of aliphatic hydroxyl groups is 1. The van der Waals surface area contributed by atoms with Gasteiger partial charge in [-0.2, -0.15) is 0 Å². The molecule has 3 rings (SSSR count). The predicted octanol–water partition coefficient (Wildman–Crippen LogP) is 0.514. The maximum absolute atomic E-state index is 11.8. The molecule has 0 aromatic heterocycles. The number of carbonyl (C=O) groups is 1. The largest absolute Gasteiger partial charge is 0.394 e. The molecule has 2 aliphatic rings. The summed E-state index contributed by atoms with van der Waals surface area (Å²) >= 11 is 0. The summed E-state index contributed by atoms with van der Waals surface area (Å²) in [5.41, 5.74) is 10.2. The number of carbonyl (C=O) groups excluding carboxylic acids is 1. The Balaban J connectivity index is 2.11. The molecule has 1 unspecified atom stereocenters. The predicted molar refractivity (Wildman–Crippen MR) is 64.8 cm³/mol. The van der Waals surface area contributed by atoms with E-state index < -0.39 is 0 Å². The van der Waals surface area contributed by atoms with E-state index >= 15 is 0 Å². The van der Waals surface area contributed by atoms with Crippen molar-refractivity contribution in [3.63, 3.8) is 0 Å². The zero-order valence-electron chi connectivity index (χ0n) is 9.65. The number of aliphatic hydroxyl groups excluding tert-OH is 1. The lowest BCUT2D eigenvalue weighted by molar-refractivity contribution is -0.117. The first-order chi connectivity index (χ1) is 8.20. The van der Waals surface area contributed by atoms with E-state index in [4.69, 9.17) is 10.8 Å². The molecule has 0 saturated heterocycles. The minimum atomic E-state index is -0.345. The average Bonchev–Trinajstić information content (AvgIpc) is 2.67. The topological polar surface area (TPSA) is 66.6 Å². The van der Waals surface area contributed by atoms with E-state index in [1.807, 2.05) is 17.0 Å². The lowest BCUT2D eigenvalue weighted by Crippen LogP contribution is -2.31. The van der Waals surface area contributed by atoms with E-state index in [1.54, 1.807) is 0 Å². The molecular weight excluding hydrogens is 216 g/mol. The van der Waals surface area contributed by atoms with E-state index in [1.165, 1.54) is 5.56 Å². The van der Waals surface area contributed by atoms with Crippen LogP contribution in [0.15, 0.2) is 12.1 Å². The number of benzene rings is 1. The molecule has 1 amide bonds. The second-order valence-corrected chi connectivity index (χ2v) is 4.80. The van der Waals surface area contributed by atoms with Gasteiger partial charge in [0.05, 0.1) is 24.8 Å². The van der Waals surface area contributed by atoms with Gasteiger partial charge in [-0.25, -0.2) is 0 Å². The molecule has 0 saturated carbocycles. The van der Waals surface area contributed by atoms with Crippen molar-refractivity contribution < 1.29 is 9.90 Å². The molecule has 1 aromatic rings. The molecule has 4 heteroatoms. The molecule has 0 radical (unpaired) electrons. The van der Waals surface area contributed by atoms with Crippen LogP contribution in [0.1, 0.15) is 29.2 Å². The van der Waals surface area contributed by atoms with Crippen molar-refractivity contribution in [3.8, 4) is 0 Å². The highest BCUT2D eigenvalue weighted by Gasteiger charge is 2.32. The molecule has 3 N–H and O–H groups in total. The fourth-order valence-corrected chi connectivity index (χ4v) is 2.83. The van der Waals surface area contributed by atoms with Crippen LogP contribution in [0.4, 0.5) is 5.69 Å². The number of rotatable bonds is 2. The number of hydrogen-bond acceptors (Lipinski definition) is 3. The summed E-state index contributed by atoms with van der Waals surface area (Å²) in [5.74, 6) is 0.190. The number of nitrogens with zero attached hydrogens (tertiary/aromatic N) is 1. The first-order valence-electron chi connectivity index (χ1n) is 6.03. The second-order valence-electron chi connectivity index (χ2n) is 4.80. The Morgan fingerprint density at radius 1 is 1.41 bits per heavy atom. The van der Waals surface area contributed by atoms with Gasteiger partial charge in [0.25, 0.3) is 0 Å². The number of aryl methyl sites for hydroxylation is 1. The fraction of sp³-hybridized carbons (Fsp3) is 0.462. The highest BCUT2D eigenvalue weighted by Crippen LogP contribution is 2.38. The molecule has 0 fully saturated rings. The molecule has 1 aromatic carbocycles. The van der Waals surface area contributed by atoms with Gasteiger partial charge < -0.3 is 15.7 Å². The van der Waals surface area contributed by atoms with Crippen LogP contribution in [-0.2, 0) is 17.6 Å². The van der Waals surface area contributed by atoms with E-state index in [2.05, 4.69) is 0 Å². The Labute approximate surface area is 100 Å². The molecule has 2 aliphatic heterocycles. The van der Waals surface area contributed by atoms with Gasteiger partial charge in [0, 0.05) is 6.54 Å². The summed E-state index contributed by atoms with van der Waals surface area (Å²) < 4.78 is 0. The maximum atomic E-state index is 11.8. The first-order valence-corrected chi connectivity index (χ1v) is 6.03. The summed E-state index contributed by atoms with van der Waals surface area (Å²) in [4.78, 5) is 13.7. The summed E-state index contributed by atoms with van der Waals surface area (Å²) in [7, 11) is 0. The molecule has 0 spiro atoms. The Morgan fingerprint density at radius 2 is 2.18 bits per heavy atom. The summed E-state index contributed by atoms with van der Waals surface area (Å²) in [5, 5.41) is 9.12. The number of nitrogens with two attached hydrogens (primary N) is 1. The summed E-state index contributed by atoms with van der Waals surface area (Å²) in [6, 6.07) is 3.68. The van der Waals surface area contributed by atoms with Gasteiger partial charge in [-0.3, -0.25) is 4.79 Å². The number of anilines is 1. The zero-order chi connectivity index (χ0) is 12.0. The van der Waals surface area contributed by atoms with Gasteiger partial charge in [0.2, 0.25) is 5.91 Å². The van der Waals surface area contributed by atoms with E-state index in [0.717, 1.165) is 36.2 Å². The highest BCUT2D eigenvalue weighted by molar-refractivity contribution is 6.02. The number of amides is 1. The van der Waals surface area contributed by atoms with Crippen LogP contribution in [0.3, 0.4) is 0 Å². The van der Waals surface area contributed by atoms with Gasteiger partial charge in [-0.1, -0.05) is 12.1 Å². The van der Waals surface area contributed by atoms with Gasteiger partial charge in [0.1, 0.15) is 0 Å². The molecule has 2 heterocycles.